The second kappa shape index (κ2) is 8.05. The molecule has 3 heterocycles. The zero-order valence-corrected chi connectivity index (χ0v) is 15.4. The van der Waals surface area contributed by atoms with E-state index in [9.17, 15) is 4.79 Å². The Morgan fingerprint density at radius 3 is 2.68 bits per heavy atom. The quantitative estimate of drug-likeness (QED) is 0.627. The van der Waals surface area contributed by atoms with Crippen molar-refractivity contribution in [2.45, 2.75) is 31.7 Å². The topological polar surface area (TPSA) is 119 Å². The maximum Gasteiger partial charge on any atom is 0.274 e. The Kier molecular flexibility index (Phi) is 5.15. The van der Waals surface area contributed by atoms with Gasteiger partial charge in [-0.05, 0) is 49.8 Å². The number of hydrogen-bond donors (Lipinski definition) is 3. The number of aromatic nitrogens is 4. The molecule has 0 bridgehead atoms. The van der Waals surface area contributed by atoms with Gasteiger partial charge >= 0.3 is 0 Å². The van der Waals surface area contributed by atoms with Crippen molar-refractivity contribution >= 4 is 22.7 Å². The fourth-order valence-electron chi connectivity index (χ4n) is 3.57. The van der Waals surface area contributed by atoms with E-state index in [4.69, 9.17) is 5.26 Å². The van der Waals surface area contributed by atoms with Crippen LogP contribution in [0.25, 0.3) is 10.9 Å². The Morgan fingerprint density at radius 2 is 1.93 bits per heavy atom. The molecule has 0 aromatic carbocycles. The highest BCUT2D eigenvalue weighted by atomic mass is 16.1. The van der Waals surface area contributed by atoms with Gasteiger partial charge in [0.15, 0.2) is 0 Å². The van der Waals surface area contributed by atoms with Crippen LogP contribution in [0.5, 0.6) is 0 Å². The van der Waals surface area contributed by atoms with Crippen molar-refractivity contribution in [3.05, 3.63) is 52.7 Å². The minimum Gasteiger partial charge on any atom is -0.367 e. The first-order valence-corrected chi connectivity index (χ1v) is 9.42. The number of H-pyrrole nitrogens is 1. The lowest BCUT2D eigenvalue weighted by atomic mass is 9.86. The van der Waals surface area contributed by atoms with Crippen LogP contribution >= 0.6 is 0 Å². The third kappa shape index (κ3) is 4.09. The minimum absolute atomic E-state index is 0.166. The van der Waals surface area contributed by atoms with Crippen LogP contribution in [0.2, 0.25) is 0 Å². The van der Waals surface area contributed by atoms with Gasteiger partial charge in [0.05, 0.1) is 18.0 Å². The molecule has 0 aliphatic heterocycles. The molecule has 3 aromatic heterocycles. The van der Waals surface area contributed by atoms with Crippen LogP contribution in [0.15, 0.2) is 41.6 Å². The van der Waals surface area contributed by atoms with E-state index in [0.29, 0.717) is 29.0 Å². The van der Waals surface area contributed by atoms with Gasteiger partial charge in [-0.2, -0.15) is 5.26 Å². The Hall–Kier alpha value is -3.47. The van der Waals surface area contributed by atoms with Gasteiger partial charge in [-0.3, -0.25) is 4.79 Å². The molecule has 0 atom stereocenters. The summed E-state index contributed by atoms with van der Waals surface area (Å²) in [6.45, 7) is 0.822. The Balaban J connectivity index is 1.29. The highest BCUT2D eigenvalue weighted by Crippen LogP contribution is 2.26. The number of nitriles is 1. The van der Waals surface area contributed by atoms with Gasteiger partial charge in [0.2, 0.25) is 5.95 Å². The third-order valence-corrected chi connectivity index (χ3v) is 5.15. The molecule has 3 N–H and O–H groups in total. The summed E-state index contributed by atoms with van der Waals surface area (Å²) in [6, 6.07) is 8.07. The number of aromatic amines is 1. The fraction of sp³-hybridized carbons (Fsp3) is 0.350. The number of anilines is 2. The average molecular weight is 375 g/mol. The van der Waals surface area contributed by atoms with E-state index in [2.05, 4.69) is 30.6 Å². The number of nitrogens with one attached hydrogen (secondary N) is 3. The van der Waals surface area contributed by atoms with Crippen molar-refractivity contribution < 1.29 is 0 Å². The Bertz CT molecular complexity index is 1050. The van der Waals surface area contributed by atoms with Gasteiger partial charge in [0, 0.05) is 24.2 Å². The van der Waals surface area contributed by atoms with E-state index in [-0.39, 0.29) is 5.56 Å². The molecule has 28 heavy (non-hydrogen) atoms. The van der Waals surface area contributed by atoms with Crippen LogP contribution < -0.4 is 16.2 Å². The van der Waals surface area contributed by atoms with Crippen LogP contribution in [0.1, 0.15) is 31.2 Å². The first-order valence-electron chi connectivity index (χ1n) is 9.42. The molecule has 1 saturated carbocycles. The SMILES string of the molecule is N#Cc1cnc(NCC2CCC(Nc3ccc4cc[nH]c(=O)c4n3)CC2)nc1. The summed E-state index contributed by atoms with van der Waals surface area (Å²) in [4.78, 5) is 27.3. The van der Waals surface area contributed by atoms with Crippen molar-refractivity contribution in [2.75, 3.05) is 17.2 Å². The monoisotopic (exact) mass is 375 g/mol. The maximum atomic E-state index is 11.9. The molecule has 0 saturated heterocycles. The summed E-state index contributed by atoms with van der Waals surface area (Å²) < 4.78 is 0. The largest absolute Gasteiger partial charge is 0.367 e. The van der Waals surface area contributed by atoms with Gasteiger partial charge in [0.25, 0.3) is 5.56 Å². The molecule has 1 fully saturated rings. The van der Waals surface area contributed by atoms with Gasteiger partial charge in [-0.1, -0.05) is 0 Å². The van der Waals surface area contributed by atoms with Crippen molar-refractivity contribution in [3.8, 4) is 6.07 Å². The molecule has 8 nitrogen and oxygen atoms in total. The second-order valence-electron chi connectivity index (χ2n) is 7.09. The summed E-state index contributed by atoms with van der Waals surface area (Å²) in [5.74, 6) is 1.87. The number of rotatable bonds is 5. The van der Waals surface area contributed by atoms with E-state index in [1.807, 2.05) is 24.3 Å². The zero-order valence-electron chi connectivity index (χ0n) is 15.4. The zero-order chi connectivity index (χ0) is 19.3. The van der Waals surface area contributed by atoms with Gasteiger partial charge in [-0.25, -0.2) is 15.0 Å². The van der Waals surface area contributed by atoms with Crippen molar-refractivity contribution in [1.82, 2.24) is 19.9 Å². The molecular formula is C20H21N7O. The van der Waals surface area contributed by atoms with Gasteiger partial charge in [0.1, 0.15) is 17.4 Å². The third-order valence-electron chi connectivity index (χ3n) is 5.15. The molecule has 4 rings (SSSR count). The smallest absolute Gasteiger partial charge is 0.274 e. The van der Waals surface area contributed by atoms with Crippen LogP contribution in [-0.4, -0.2) is 32.5 Å². The van der Waals surface area contributed by atoms with Crippen LogP contribution in [0.4, 0.5) is 11.8 Å². The molecule has 1 aliphatic carbocycles. The standard InChI is InChI=1S/C20H21N7O/c21-9-14-11-24-20(25-12-14)23-10-13-1-4-16(5-2-13)26-17-6-3-15-7-8-22-19(28)18(15)27-17/h3,6-8,11-13,16H,1-2,4-5,10H2,(H,22,28)(H,26,27)(H,23,24,25). The van der Waals surface area contributed by atoms with Crippen molar-refractivity contribution in [3.63, 3.8) is 0 Å². The lowest BCUT2D eigenvalue weighted by Crippen LogP contribution is -2.29. The summed E-state index contributed by atoms with van der Waals surface area (Å²) in [6.07, 6.45) is 8.97. The van der Waals surface area contributed by atoms with E-state index in [1.165, 1.54) is 12.4 Å². The lowest BCUT2D eigenvalue weighted by Gasteiger charge is -2.29. The highest BCUT2D eigenvalue weighted by molar-refractivity contribution is 5.78. The van der Waals surface area contributed by atoms with E-state index < -0.39 is 0 Å². The van der Waals surface area contributed by atoms with Gasteiger partial charge < -0.3 is 15.6 Å². The molecule has 0 amide bonds. The predicted molar refractivity (Wildman–Crippen MR) is 107 cm³/mol. The predicted octanol–water partition coefficient (Wildman–Crippen LogP) is 2.67. The lowest BCUT2D eigenvalue weighted by molar-refractivity contribution is 0.350. The molecule has 8 heteroatoms. The van der Waals surface area contributed by atoms with E-state index in [1.54, 1.807) is 6.20 Å². The average Bonchev–Trinajstić information content (AvgIpc) is 2.74. The van der Waals surface area contributed by atoms with Crippen molar-refractivity contribution in [1.29, 1.82) is 5.26 Å². The number of hydrogen-bond acceptors (Lipinski definition) is 7. The van der Waals surface area contributed by atoms with E-state index >= 15 is 0 Å². The normalized spacial score (nSPS) is 19.1. The number of fused-ring (bicyclic) bond motifs is 1. The van der Waals surface area contributed by atoms with Crippen LogP contribution in [0, 0.1) is 17.2 Å². The molecule has 0 spiro atoms. The molecule has 142 valence electrons. The summed E-state index contributed by atoms with van der Waals surface area (Å²) in [5, 5.41) is 16.3. The van der Waals surface area contributed by atoms with E-state index in [0.717, 1.165) is 43.4 Å². The maximum absolute atomic E-state index is 11.9. The molecule has 1 aliphatic rings. The Labute approximate surface area is 162 Å². The van der Waals surface area contributed by atoms with Crippen LogP contribution in [0.3, 0.4) is 0 Å². The number of pyridine rings is 2. The van der Waals surface area contributed by atoms with Gasteiger partial charge in [-0.15, -0.1) is 0 Å². The molecule has 3 aromatic rings. The van der Waals surface area contributed by atoms with Crippen molar-refractivity contribution in [2.24, 2.45) is 5.92 Å². The Morgan fingerprint density at radius 1 is 1.14 bits per heavy atom. The number of nitrogens with zero attached hydrogens (tertiary/aromatic N) is 4. The minimum atomic E-state index is -0.166. The second-order valence-corrected chi connectivity index (χ2v) is 7.09. The summed E-state index contributed by atoms with van der Waals surface area (Å²) >= 11 is 0. The summed E-state index contributed by atoms with van der Waals surface area (Å²) in [7, 11) is 0. The molecule has 0 radical (unpaired) electrons. The molecule has 0 unspecified atom stereocenters. The highest BCUT2D eigenvalue weighted by Gasteiger charge is 2.21. The molecular weight excluding hydrogens is 354 g/mol. The summed E-state index contributed by atoms with van der Waals surface area (Å²) in [5.41, 5.74) is 0.759. The van der Waals surface area contributed by atoms with Crippen LogP contribution in [-0.2, 0) is 0 Å². The first kappa shape index (κ1) is 17.9. The first-order chi connectivity index (χ1) is 13.7. The fourth-order valence-corrected chi connectivity index (χ4v) is 3.57.